The van der Waals surface area contributed by atoms with Crippen molar-refractivity contribution in [1.82, 2.24) is 0 Å². The number of rotatable bonds is 5. The summed E-state index contributed by atoms with van der Waals surface area (Å²) < 4.78 is 0. The lowest BCUT2D eigenvalue weighted by Crippen LogP contribution is -2.41. The van der Waals surface area contributed by atoms with Crippen LogP contribution in [0.2, 0.25) is 5.02 Å². The summed E-state index contributed by atoms with van der Waals surface area (Å²) in [6.07, 6.45) is 0. The van der Waals surface area contributed by atoms with Crippen molar-refractivity contribution in [3.8, 4) is 0 Å². The summed E-state index contributed by atoms with van der Waals surface area (Å²) in [7, 11) is 0. The third-order valence-electron chi connectivity index (χ3n) is 3.78. The van der Waals surface area contributed by atoms with Crippen LogP contribution in [0, 0.1) is 5.41 Å². The molecule has 0 heterocycles. The van der Waals surface area contributed by atoms with Crippen molar-refractivity contribution in [3.05, 3.63) is 59.1 Å². The lowest BCUT2D eigenvalue weighted by atomic mass is 9.90. The molecule has 6 heteroatoms. The molecule has 0 bridgehead atoms. The van der Waals surface area contributed by atoms with E-state index in [4.69, 9.17) is 11.6 Å². The Morgan fingerprint density at radius 1 is 0.920 bits per heavy atom. The largest absolute Gasteiger partial charge is 0.325 e. The lowest BCUT2D eigenvalue weighted by Gasteiger charge is -2.23. The molecular formula is C19H19ClN2O3. The van der Waals surface area contributed by atoms with Crippen LogP contribution in [-0.2, 0) is 9.59 Å². The van der Waals surface area contributed by atoms with Gasteiger partial charge in [0.1, 0.15) is 5.41 Å². The predicted octanol–water partition coefficient (Wildman–Crippen LogP) is 4.15. The first-order chi connectivity index (χ1) is 11.7. The lowest BCUT2D eigenvalue weighted by molar-refractivity contribution is -0.135. The van der Waals surface area contributed by atoms with Crippen LogP contribution in [0.1, 0.15) is 31.1 Å². The minimum atomic E-state index is -1.34. The van der Waals surface area contributed by atoms with Gasteiger partial charge in [-0.1, -0.05) is 35.9 Å². The van der Waals surface area contributed by atoms with Crippen LogP contribution in [-0.4, -0.2) is 17.6 Å². The van der Waals surface area contributed by atoms with E-state index in [1.807, 2.05) is 0 Å². The third-order valence-corrected chi connectivity index (χ3v) is 4.11. The third kappa shape index (κ3) is 4.45. The maximum atomic E-state index is 12.5. The van der Waals surface area contributed by atoms with Crippen molar-refractivity contribution in [3.63, 3.8) is 0 Å². The number of benzene rings is 2. The van der Waals surface area contributed by atoms with Crippen molar-refractivity contribution >= 4 is 40.6 Å². The Morgan fingerprint density at radius 2 is 1.56 bits per heavy atom. The van der Waals surface area contributed by atoms with Gasteiger partial charge in [-0.05, 0) is 45.0 Å². The Morgan fingerprint density at radius 3 is 2.20 bits per heavy atom. The predicted molar refractivity (Wildman–Crippen MR) is 98.9 cm³/mol. The molecule has 0 saturated carbocycles. The topological polar surface area (TPSA) is 75.3 Å². The molecule has 25 heavy (non-hydrogen) atoms. The second-order valence-corrected chi connectivity index (χ2v) is 6.56. The van der Waals surface area contributed by atoms with Gasteiger partial charge in [0.15, 0.2) is 5.78 Å². The molecule has 0 spiro atoms. The highest BCUT2D eigenvalue weighted by Crippen LogP contribution is 2.25. The molecule has 5 nitrogen and oxygen atoms in total. The number of hydrogen-bond donors (Lipinski definition) is 2. The molecular weight excluding hydrogens is 340 g/mol. The summed E-state index contributed by atoms with van der Waals surface area (Å²) in [5.74, 6) is -1.08. The van der Waals surface area contributed by atoms with Crippen molar-refractivity contribution in [2.45, 2.75) is 20.8 Å². The number of hydrogen-bond acceptors (Lipinski definition) is 3. The van der Waals surface area contributed by atoms with Gasteiger partial charge < -0.3 is 10.6 Å². The Balaban J connectivity index is 2.14. The second kappa shape index (κ2) is 7.49. The first-order valence-corrected chi connectivity index (χ1v) is 8.08. The van der Waals surface area contributed by atoms with Gasteiger partial charge in [0.2, 0.25) is 11.8 Å². The Bertz CT molecular complexity index is 831. The van der Waals surface area contributed by atoms with E-state index in [1.165, 1.54) is 20.8 Å². The first kappa shape index (κ1) is 18.7. The van der Waals surface area contributed by atoms with Gasteiger partial charge in [0.25, 0.3) is 0 Å². The molecule has 0 aliphatic heterocycles. The molecule has 0 aliphatic carbocycles. The first-order valence-electron chi connectivity index (χ1n) is 7.70. The molecule has 2 aromatic carbocycles. The fraction of sp³-hybridized carbons (Fsp3) is 0.211. The van der Waals surface area contributed by atoms with Gasteiger partial charge in [0, 0.05) is 11.3 Å². The number of nitrogens with one attached hydrogen (secondary N) is 2. The van der Waals surface area contributed by atoms with Crippen LogP contribution >= 0.6 is 11.6 Å². The summed E-state index contributed by atoms with van der Waals surface area (Å²) in [5, 5.41) is 5.72. The fourth-order valence-electron chi connectivity index (χ4n) is 2.05. The molecule has 0 aromatic heterocycles. The van der Waals surface area contributed by atoms with Crippen LogP contribution in [0.5, 0.6) is 0 Å². The fourth-order valence-corrected chi connectivity index (χ4v) is 2.23. The van der Waals surface area contributed by atoms with E-state index in [2.05, 4.69) is 10.6 Å². The van der Waals surface area contributed by atoms with Crippen LogP contribution in [0.3, 0.4) is 0 Å². The van der Waals surface area contributed by atoms with E-state index in [0.717, 1.165) is 0 Å². The number of carbonyl (C=O) groups excluding carboxylic acids is 3. The zero-order chi connectivity index (χ0) is 18.6. The van der Waals surface area contributed by atoms with Gasteiger partial charge in [-0.3, -0.25) is 14.4 Å². The molecule has 2 aromatic rings. The quantitative estimate of drug-likeness (QED) is 0.622. The van der Waals surface area contributed by atoms with Gasteiger partial charge in [-0.15, -0.1) is 0 Å². The van der Waals surface area contributed by atoms with Crippen molar-refractivity contribution in [2.75, 3.05) is 10.6 Å². The summed E-state index contributed by atoms with van der Waals surface area (Å²) in [6.45, 7) is 4.48. The van der Waals surface area contributed by atoms with Gasteiger partial charge in [-0.2, -0.15) is 0 Å². The smallest absolute Gasteiger partial charge is 0.239 e. The standard InChI is InChI=1S/C19H19ClN2O3/c1-12(23)13-7-6-8-14(11-13)21-17(24)19(2,3)18(25)22-16-10-5-4-9-15(16)20/h4-11H,1-3H3,(H,21,24)(H,22,25). The summed E-state index contributed by atoms with van der Waals surface area (Å²) in [4.78, 5) is 36.5. The molecule has 0 unspecified atom stereocenters. The number of ketones is 1. The van der Waals surface area contributed by atoms with E-state index in [1.54, 1.807) is 48.5 Å². The maximum Gasteiger partial charge on any atom is 0.239 e. The van der Waals surface area contributed by atoms with Crippen molar-refractivity contribution in [1.29, 1.82) is 0 Å². The van der Waals surface area contributed by atoms with Gasteiger partial charge in [0.05, 0.1) is 10.7 Å². The summed E-state index contributed by atoms with van der Waals surface area (Å²) in [5.41, 5.74) is 0.0341. The molecule has 2 N–H and O–H groups in total. The van der Waals surface area contributed by atoms with Crippen molar-refractivity contribution in [2.24, 2.45) is 5.41 Å². The molecule has 2 amide bonds. The van der Waals surface area contributed by atoms with Crippen LogP contribution in [0.4, 0.5) is 11.4 Å². The van der Waals surface area contributed by atoms with Crippen LogP contribution in [0.15, 0.2) is 48.5 Å². The molecule has 2 rings (SSSR count). The number of amides is 2. The van der Waals surface area contributed by atoms with E-state index < -0.39 is 17.2 Å². The van der Waals surface area contributed by atoms with E-state index in [0.29, 0.717) is 22.0 Å². The Kier molecular flexibility index (Phi) is 5.59. The highest BCUT2D eigenvalue weighted by atomic mass is 35.5. The zero-order valence-corrected chi connectivity index (χ0v) is 15.0. The normalized spacial score (nSPS) is 10.9. The van der Waals surface area contributed by atoms with E-state index in [-0.39, 0.29) is 5.78 Å². The number of carbonyl (C=O) groups is 3. The SMILES string of the molecule is CC(=O)c1cccc(NC(=O)C(C)(C)C(=O)Nc2ccccc2Cl)c1. The molecule has 0 saturated heterocycles. The zero-order valence-electron chi connectivity index (χ0n) is 14.2. The number of para-hydroxylation sites is 1. The van der Waals surface area contributed by atoms with Crippen molar-refractivity contribution < 1.29 is 14.4 Å². The van der Waals surface area contributed by atoms with Gasteiger partial charge >= 0.3 is 0 Å². The van der Waals surface area contributed by atoms with Crippen LogP contribution in [0.25, 0.3) is 0 Å². The Hall–Kier alpha value is -2.66. The highest BCUT2D eigenvalue weighted by Gasteiger charge is 2.36. The Labute approximate surface area is 151 Å². The summed E-state index contributed by atoms with van der Waals surface area (Å²) >= 11 is 6.03. The maximum absolute atomic E-state index is 12.5. The molecule has 0 aliphatic rings. The molecule has 0 atom stereocenters. The van der Waals surface area contributed by atoms with Crippen LogP contribution < -0.4 is 10.6 Å². The monoisotopic (exact) mass is 358 g/mol. The number of anilines is 2. The number of halogens is 1. The van der Waals surface area contributed by atoms with Gasteiger partial charge in [-0.25, -0.2) is 0 Å². The molecule has 0 fully saturated rings. The molecule has 130 valence electrons. The van der Waals surface area contributed by atoms with E-state index >= 15 is 0 Å². The second-order valence-electron chi connectivity index (χ2n) is 6.15. The minimum Gasteiger partial charge on any atom is -0.325 e. The average Bonchev–Trinajstić information content (AvgIpc) is 2.57. The number of Topliss-reactive ketones (excluding diaryl/α,β-unsaturated/α-hetero) is 1. The van der Waals surface area contributed by atoms with E-state index in [9.17, 15) is 14.4 Å². The highest BCUT2D eigenvalue weighted by molar-refractivity contribution is 6.34. The minimum absolute atomic E-state index is 0.105. The summed E-state index contributed by atoms with van der Waals surface area (Å²) in [6, 6.07) is 13.4. The average molecular weight is 359 g/mol. The molecule has 0 radical (unpaired) electrons.